The van der Waals surface area contributed by atoms with E-state index < -0.39 is 0 Å². The molecule has 0 bridgehead atoms. The number of ether oxygens (including phenoxy) is 1. The summed E-state index contributed by atoms with van der Waals surface area (Å²) in [6.45, 7) is 5.84. The molecule has 20 heavy (non-hydrogen) atoms. The molecule has 0 fully saturated rings. The van der Waals surface area contributed by atoms with E-state index in [1.807, 2.05) is 19.3 Å². The number of rotatable bonds is 3. The van der Waals surface area contributed by atoms with Crippen LogP contribution in [0.2, 0.25) is 0 Å². The first-order chi connectivity index (χ1) is 9.79. The highest BCUT2D eigenvalue weighted by molar-refractivity contribution is 5.44. The fourth-order valence-electron chi connectivity index (χ4n) is 2.88. The van der Waals surface area contributed by atoms with E-state index in [2.05, 4.69) is 41.5 Å². The maximum Gasteiger partial charge on any atom is 0.119 e. The van der Waals surface area contributed by atoms with Gasteiger partial charge in [-0.2, -0.15) is 0 Å². The molecule has 1 aliphatic heterocycles. The van der Waals surface area contributed by atoms with Crippen LogP contribution in [0.1, 0.15) is 35.2 Å². The summed E-state index contributed by atoms with van der Waals surface area (Å²) < 4.78 is 5.61. The first kappa shape index (κ1) is 13.1. The third-order valence-electron chi connectivity index (χ3n) is 3.85. The van der Waals surface area contributed by atoms with Crippen LogP contribution < -0.4 is 10.1 Å². The molecular formula is C17H20N2O. The average Bonchev–Trinajstić information content (AvgIpc) is 2.47. The molecule has 1 N–H and O–H groups in total. The number of aryl methyl sites for hydroxylation is 1. The van der Waals surface area contributed by atoms with Crippen molar-refractivity contribution in [2.45, 2.75) is 26.3 Å². The second-order valence-corrected chi connectivity index (χ2v) is 5.16. The fraction of sp³-hybridized carbons (Fsp3) is 0.353. The van der Waals surface area contributed by atoms with Crippen LogP contribution in [0.3, 0.4) is 0 Å². The maximum atomic E-state index is 5.61. The van der Waals surface area contributed by atoms with Gasteiger partial charge in [0.2, 0.25) is 0 Å². The first-order valence-electron chi connectivity index (χ1n) is 7.19. The molecule has 1 aromatic heterocycles. The number of hydrogen-bond donors (Lipinski definition) is 1. The van der Waals surface area contributed by atoms with E-state index in [0.29, 0.717) is 6.61 Å². The van der Waals surface area contributed by atoms with Gasteiger partial charge in [-0.25, -0.2) is 0 Å². The van der Waals surface area contributed by atoms with E-state index in [1.165, 1.54) is 22.3 Å². The van der Waals surface area contributed by atoms with E-state index in [1.54, 1.807) is 0 Å². The van der Waals surface area contributed by atoms with Crippen LogP contribution >= 0.6 is 0 Å². The van der Waals surface area contributed by atoms with Crippen LogP contribution in [0, 0.1) is 6.92 Å². The number of benzene rings is 1. The van der Waals surface area contributed by atoms with Crippen LogP contribution in [0.4, 0.5) is 0 Å². The largest absolute Gasteiger partial charge is 0.494 e. The monoisotopic (exact) mass is 268 g/mol. The number of fused-ring (bicyclic) bond motifs is 1. The van der Waals surface area contributed by atoms with Crippen molar-refractivity contribution in [2.24, 2.45) is 0 Å². The highest BCUT2D eigenvalue weighted by Crippen LogP contribution is 2.32. The minimum absolute atomic E-state index is 0.262. The van der Waals surface area contributed by atoms with E-state index in [4.69, 9.17) is 4.74 Å². The third-order valence-corrected chi connectivity index (χ3v) is 3.85. The summed E-state index contributed by atoms with van der Waals surface area (Å²) in [7, 11) is 0. The smallest absolute Gasteiger partial charge is 0.119 e. The van der Waals surface area contributed by atoms with E-state index >= 15 is 0 Å². The highest BCUT2D eigenvalue weighted by Gasteiger charge is 2.22. The maximum absolute atomic E-state index is 5.61. The standard InChI is InChI=1S/C17H20N2O/c1-3-20-14-4-5-16-13(10-14)6-9-19-17(16)15-7-8-18-11-12(15)2/h4-5,7-8,10-11,17,19H,3,6,9H2,1-2H3. The lowest BCUT2D eigenvalue weighted by Gasteiger charge is -2.28. The van der Waals surface area contributed by atoms with Gasteiger partial charge in [-0.05, 0) is 60.7 Å². The van der Waals surface area contributed by atoms with Crippen molar-refractivity contribution in [3.05, 3.63) is 58.9 Å². The van der Waals surface area contributed by atoms with Gasteiger partial charge in [-0.1, -0.05) is 6.07 Å². The van der Waals surface area contributed by atoms with Crippen LogP contribution in [-0.4, -0.2) is 18.1 Å². The lowest BCUT2D eigenvalue weighted by molar-refractivity contribution is 0.339. The minimum Gasteiger partial charge on any atom is -0.494 e. The van der Waals surface area contributed by atoms with Gasteiger partial charge in [0.25, 0.3) is 0 Å². The molecule has 1 aliphatic rings. The first-order valence-corrected chi connectivity index (χ1v) is 7.19. The lowest BCUT2D eigenvalue weighted by atomic mass is 9.88. The normalized spacial score (nSPS) is 17.6. The summed E-state index contributed by atoms with van der Waals surface area (Å²) in [6.07, 6.45) is 4.85. The topological polar surface area (TPSA) is 34.1 Å². The zero-order valence-corrected chi connectivity index (χ0v) is 12.0. The Labute approximate surface area is 120 Å². The third kappa shape index (κ3) is 2.41. The van der Waals surface area contributed by atoms with Crippen molar-refractivity contribution in [1.82, 2.24) is 10.3 Å². The Morgan fingerprint density at radius 2 is 2.20 bits per heavy atom. The van der Waals surface area contributed by atoms with Gasteiger partial charge in [0.05, 0.1) is 12.6 Å². The van der Waals surface area contributed by atoms with Crippen molar-refractivity contribution in [1.29, 1.82) is 0 Å². The molecule has 2 aromatic rings. The molecule has 3 heteroatoms. The van der Waals surface area contributed by atoms with Gasteiger partial charge in [-0.3, -0.25) is 4.98 Å². The van der Waals surface area contributed by atoms with Gasteiger partial charge in [0.15, 0.2) is 0 Å². The lowest BCUT2D eigenvalue weighted by Crippen LogP contribution is -2.31. The van der Waals surface area contributed by atoms with Crippen LogP contribution in [-0.2, 0) is 6.42 Å². The van der Waals surface area contributed by atoms with Gasteiger partial charge in [0.1, 0.15) is 5.75 Å². The summed E-state index contributed by atoms with van der Waals surface area (Å²) in [4.78, 5) is 4.19. The second kappa shape index (κ2) is 5.63. The van der Waals surface area contributed by atoms with Crippen molar-refractivity contribution < 1.29 is 4.74 Å². The van der Waals surface area contributed by atoms with Crippen molar-refractivity contribution in [2.75, 3.05) is 13.2 Å². The Morgan fingerprint density at radius 3 is 3.00 bits per heavy atom. The molecule has 0 saturated carbocycles. The molecule has 104 valence electrons. The SMILES string of the molecule is CCOc1ccc2c(c1)CCNC2c1ccncc1C. The van der Waals surface area contributed by atoms with Crippen molar-refractivity contribution in [3.8, 4) is 5.75 Å². The molecule has 1 unspecified atom stereocenters. The molecule has 0 saturated heterocycles. The highest BCUT2D eigenvalue weighted by atomic mass is 16.5. The van der Waals surface area contributed by atoms with Crippen molar-refractivity contribution in [3.63, 3.8) is 0 Å². The molecular weight excluding hydrogens is 248 g/mol. The van der Waals surface area contributed by atoms with Crippen LogP contribution in [0.25, 0.3) is 0 Å². The number of nitrogens with zero attached hydrogens (tertiary/aromatic N) is 1. The van der Waals surface area contributed by atoms with Gasteiger partial charge in [0, 0.05) is 18.9 Å². The van der Waals surface area contributed by atoms with E-state index in [-0.39, 0.29) is 6.04 Å². The fourth-order valence-corrected chi connectivity index (χ4v) is 2.88. The van der Waals surface area contributed by atoms with Crippen LogP contribution in [0.15, 0.2) is 36.7 Å². The molecule has 0 amide bonds. The summed E-state index contributed by atoms with van der Waals surface area (Å²) in [5.74, 6) is 0.971. The average molecular weight is 268 g/mol. The minimum atomic E-state index is 0.262. The molecule has 2 heterocycles. The molecule has 1 aromatic carbocycles. The van der Waals surface area contributed by atoms with E-state index in [0.717, 1.165) is 18.7 Å². The zero-order chi connectivity index (χ0) is 13.9. The molecule has 1 atom stereocenters. The quantitative estimate of drug-likeness (QED) is 0.929. The number of nitrogens with one attached hydrogen (secondary N) is 1. The summed E-state index contributed by atoms with van der Waals surface area (Å²) >= 11 is 0. The predicted octanol–water partition coefficient (Wildman–Crippen LogP) is 3.02. The predicted molar refractivity (Wildman–Crippen MR) is 80.1 cm³/mol. The van der Waals surface area contributed by atoms with Crippen LogP contribution in [0.5, 0.6) is 5.75 Å². The molecule has 0 spiro atoms. The Morgan fingerprint density at radius 1 is 1.30 bits per heavy atom. The summed E-state index contributed by atoms with van der Waals surface area (Å²) in [5, 5.41) is 3.62. The second-order valence-electron chi connectivity index (χ2n) is 5.16. The summed E-state index contributed by atoms with van der Waals surface area (Å²) in [5.41, 5.74) is 5.28. The van der Waals surface area contributed by atoms with Gasteiger partial charge < -0.3 is 10.1 Å². The Bertz CT molecular complexity index is 610. The molecule has 3 rings (SSSR count). The number of aromatic nitrogens is 1. The molecule has 3 nitrogen and oxygen atoms in total. The molecule has 0 radical (unpaired) electrons. The zero-order valence-electron chi connectivity index (χ0n) is 12.0. The van der Waals surface area contributed by atoms with E-state index in [9.17, 15) is 0 Å². The summed E-state index contributed by atoms with van der Waals surface area (Å²) in [6, 6.07) is 8.81. The molecule has 0 aliphatic carbocycles. The Kier molecular flexibility index (Phi) is 3.70. The number of hydrogen-bond acceptors (Lipinski definition) is 3. The van der Waals surface area contributed by atoms with Crippen molar-refractivity contribution >= 4 is 0 Å². The van der Waals surface area contributed by atoms with Gasteiger partial charge >= 0.3 is 0 Å². The Balaban J connectivity index is 2.00. The van der Waals surface area contributed by atoms with Gasteiger partial charge in [-0.15, -0.1) is 0 Å². The number of pyridine rings is 1. The Hall–Kier alpha value is -1.87.